The number of nitrogens with one attached hydrogen (secondary N) is 1. The van der Waals surface area contributed by atoms with Crippen LogP contribution in [0.25, 0.3) is 10.2 Å². The number of aromatic nitrogens is 2. The number of carbonyl (C=O) groups excluding carboxylic acids is 1. The van der Waals surface area contributed by atoms with Crippen LogP contribution in [-0.2, 0) is 30.6 Å². The summed E-state index contributed by atoms with van der Waals surface area (Å²) in [6.45, 7) is 6.36. The predicted octanol–water partition coefficient (Wildman–Crippen LogP) is 4.02. The number of amides is 1. The lowest BCUT2D eigenvalue weighted by atomic mass is 10.00. The van der Waals surface area contributed by atoms with E-state index in [1.165, 1.54) is 21.3 Å². The summed E-state index contributed by atoms with van der Waals surface area (Å²) in [6, 6.07) is 8.26. The van der Waals surface area contributed by atoms with E-state index >= 15 is 0 Å². The van der Waals surface area contributed by atoms with Crippen molar-refractivity contribution >= 4 is 27.5 Å². The van der Waals surface area contributed by atoms with Crippen molar-refractivity contribution < 1.29 is 4.79 Å². The molecular formula is C23H27N3O2S. The number of fused-ring (bicyclic) bond motifs is 3. The number of hydrogen-bond donors (Lipinski definition) is 1. The van der Waals surface area contributed by atoms with Gasteiger partial charge >= 0.3 is 0 Å². The van der Waals surface area contributed by atoms with E-state index in [0.29, 0.717) is 11.3 Å². The van der Waals surface area contributed by atoms with Crippen LogP contribution in [0.2, 0.25) is 0 Å². The first-order valence-electron chi connectivity index (χ1n) is 10.3. The Morgan fingerprint density at radius 1 is 1.21 bits per heavy atom. The van der Waals surface area contributed by atoms with Crippen molar-refractivity contribution in [2.24, 2.45) is 5.92 Å². The van der Waals surface area contributed by atoms with E-state index < -0.39 is 0 Å². The molecule has 2 aromatic heterocycles. The molecule has 0 fully saturated rings. The third kappa shape index (κ3) is 4.13. The summed E-state index contributed by atoms with van der Waals surface area (Å²) in [7, 11) is 0. The minimum absolute atomic E-state index is 0.0117. The SMILES string of the molecule is CC(C)Cc1ccc([C@@H](C)NC(=O)Cn2cnc3sc4c(c3c2=O)CCC4)cc1. The van der Waals surface area contributed by atoms with Gasteiger partial charge in [0.25, 0.3) is 5.56 Å². The Kier molecular flexibility index (Phi) is 5.54. The van der Waals surface area contributed by atoms with E-state index in [0.717, 1.165) is 41.6 Å². The first-order valence-corrected chi connectivity index (χ1v) is 11.1. The molecule has 0 bridgehead atoms. The van der Waals surface area contributed by atoms with Crippen molar-refractivity contribution in [1.29, 1.82) is 0 Å². The van der Waals surface area contributed by atoms with E-state index in [-0.39, 0.29) is 24.1 Å². The van der Waals surface area contributed by atoms with Crippen molar-refractivity contribution in [2.75, 3.05) is 0 Å². The fourth-order valence-electron chi connectivity index (χ4n) is 4.07. The Bertz CT molecular complexity index is 1100. The number of nitrogens with zero attached hydrogens (tertiary/aromatic N) is 2. The van der Waals surface area contributed by atoms with Crippen molar-refractivity contribution in [1.82, 2.24) is 14.9 Å². The zero-order valence-electron chi connectivity index (χ0n) is 17.2. The van der Waals surface area contributed by atoms with Gasteiger partial charge < -0.3 is 5.32 Å². The molecule has 0 radical (unpaired) electrons. The van der Waals surface area contributed by atoms with Gasteiger partial charge in [-0.3, -0.25) is 14.2 Å². The molecule has 3 aromatic rings. The first kappa shape index (κ1) is 19.8. The van der Waals surface area contributed by atoms with Gasteiger partial charge in [0.2, 0.25) is 5.91 Å². The smallest absolute Gasteiger partial charge is 0.262 e. The molecule has 1 aliphatic rings. The van der Waals surface area contributed by atoms with E-state index in [1.54, 1.807) is 11.3 Å². The molecular weight excluding hydrogens is 382 g/mol. The molecule has 4 rings (SSSR count). The summed E-state index contributed by atoms with van der Waals surface area (Å²) < 4.78 is 1.43. The zero-order chi connectivity index (χ0) is 20.5. The molecule has 1 N–H and O–H groups in total. The van der Waals surface area contributed by atoms with Crippen LogP contribution >= 0.6 is 11.3 Å². The second-order valence-corrected chi connectivity index (χ2v) is 9.43. The highest BCUT2D eigenvalue weighted by Gasteiger charge is 2.22. The van der Waals surface area contributed by atoms with Crippen LogP contribution < -0.4 is 10.9 Å². The molecule has 1 aliphatic carbocycles. The lowest BCUT2D eigenvalue weighted by Crippen LogP contribution is -2.34. The average molecular weight is 410 g/mol. The standard InChI is InChI=1S/C23H27N3O2S/c1-14(2)11-16-7-9-17(10-8-16)15(3)25-20(27)12-26-13-24-22-21(23(26)28)18-5-4-6-19(18)29-22/h7-10,13-15H,4-6,11-12H2,1-3H3,(H,25,27)/t15-/m1/s1. The molecule has 2 heterocycles. The zero-order valence-corrected chi connectivity index (χ0v) is 18.0. The second kappa shape index (κ2) is 8.11. The van der Waals surface area contributed by atoms with Crippen LogP contribution in [0, 0.1) is 5.92 Å². The van der Waals surface area contributed by atoms with Crippen LogP contribution in [-0.4, -0.2) is 15.5 Å². The molecule has 0 aliphatic heterocycles. The van der Waals surface area contributed by atoms with Crippen molar-refractivity contribution in [2.45, 2.75) is 59.0 Å². The fourth-order valence-corrected chi connectivity index (χ4v) is 5.29. The summed E-state index contributed by atoms with van der Waals surface area (Å²) >= 11 is 1.62. The maximum Gasteiger partial charge on any atom is 0.262 e. The van der Waals surface area contributed by atoms with Crippen molar-refractivity contribution in [3.8, 4) is 0 Å². The number of aryl methyl sites for hydroxylation is 2. The van der Waals surface area contributed by atoms with Crippen molar-refractivity contribution in [3.63, 3.8) is 0 Å². The Labute approximate surface area is 174 Å². The van der Waals surface area contributed by atoms with E-state index in [4.69, 9.17) is 0 Å². The summed E-state index contributed by atoms with van der Waals surface area (Å²) in [5, 5.41) is 3.72. The molecule has 1 amide bonds. The van der Waals surface area contributed by atoms with Gasteiger partial charge in [-0.2, -0.15) is 0 Å². The fraction of sp³-hybridized carbons (Fsp3) is 0.435. The molecule has 0 saturated carbocycles. The summed E-state index contributed by atoms with van der Waals surface area (Å²) in [5.41, 5.74) is 3.40. The molecule has 1 atom stereocenters. The predicted molar refractivity (Wildman–Crippen MR) is 117 cm³/mol. The number of rotatable bonds is 6. The molecule has 29 heavy (non-hydrogen) atoms. The third-order valence-corrected chi connectivity index (χ3v) is 6.71. The van der Waals surface area contributed by atoms with E-state index in [9.17, 15) is 9.59 Å². The summed E-state index contributed by atoms with van der Waals surface area (Å²) in [6.07, 6.45) is 5.61. The highest BCUT2D eigenvalue weighted by molar-refractivity contribution is 7.18. The van der Waals surface area contributed by atoms with Crippen LogP contribution in [0.1, 0.15) is 54.8 Å². The van der Waals surface area contributed by atoms with Gasteiger partial charge in [-0.25, -0.2) is 4.98 Å². The Hall–Kier alpha value is -2.47. The molecule has 5 nitrogen and oxygen atoms in total. The third-order valence-electron chi connectivity index (χ3n) is 5.51. The minimum atomic E-state index is -0.182. The summed E-state index contributed by atoms with van der Waals surface area (Å²) in [4.78, 5) is 32.0. The number of thiophene rings is 1. The minimum Gasteiger partial charge on any atom is -0.348 e. The van der Waals surface area contributed by atoms with E-state index in [1.807, 2.05) is 6.92 Å². The molecule has 1 aromatic carbocycles. The second-order valence-electron chi connectivity index (χ2n) is 8.34. The van der Waals surface area contributed by atoms with Crippen molar-refractivity contribution in [3.05, 3.63) is 62.5 Å². The maximum atomic E-state index is 12.9. The molecule has 0 unspecified atom stereocenters. The maximum absolute atomic E-state index is 12.9. The number of benzene rings is 1. The molecule has 0 spiro atoms. The van der Waals surface area contributed by atoms with E-state index in [2.05, 4.69) is 48.4 Å². The Morgan fingerprint density at radius 3 is 2.69 bits per heavy atom. The normalized spacial score (nSPS) is 14.3. The van der Waals surface area contributed by atoms with Crippen LogP contribution in [0.5, 0.6) is 0 Å². The van der Waals surface area contributed by atoms with Crippen LogP contribution in [0.4, 0.5) is 0 Å². The first-order chi connectivity index (χ1) is 13.9. The molecule has 6 heteroatoms. The summed E-state index contributed by atoms with van der Waals surface area (Å²) in [5.74, 6) is 0.436. The highest BCUT2D eigenvalue weighted by Crippen LogP contribution is 2.34. The van der Waals surface area contributed by atoms with Gasteiger partial charge in [0.05, 0.1) is 17.8 Å². The highest BCUT2D eigenvalue weighted by atomic mass is 32.1. The van der Waals surface area contributed by atoms with Gasteiger partial charge in [0.15, 0.2) is 0 Å². The quantitative estimate of drug-likeness (QED) is 0.669. The van der Waals surface area contributed by atoms with Crippen LogP contribution in [0.3, 0.4) is 0 Å². The van der Waals surface area contributed by atoms with Gasteiger partial charge in [-0.15, -0.1) is 11.3 Å². The Morgan fingerprint density at radius 2 is 1.97 bits per heavy atom. The van der Waals surface area contributed by atoms with Gasteiger partial charge in [0.1, 0.15) is 11.4 Å². The lowest BCUT2D eigenvalue weighted by Gasteiger charge is -2.16. The number of hydrogen-bond acceptors (Lipinski definition) is 4. The largest absolute Gasteiger partial charge is 0.348 e. The van der Waals surface area contributed by atoms with Gasteiger partial charge in [-0.1, -0.05) is 38.1 Å². The van der Waals surface area contributed by atoms with Crippen LogP contribution in [0.15, 0.2) is 35.4 Å². The Balaban J connectivity index is 1.45. The number of carbonyl (C=O) groups is 1. The average Bonchev–Trinajstić information content (AvgIpc) is 3.25. The lowest BCUT2D eigenvalue weighted by molar-refractivity contribution is -0.122. The van der Waals surface area contributed by atoms with Gasteiger partial charge in [0, 0.05) is 4.88 Å². The molecule has 0 saturated heterocycles. The monoisotopic (exact) mass is 409 g/mol. The van der Waals surface area contributed by atoms with Gasteiger partial charge in [-0.05, 0) is 55.2 Å². The molecule has 152 valence electrons. The topological polar surface area (TPSA) is 64.0 Å².